The Hall–Kier alpha value is -0.800. The number of nitrogens with one attached hydrogen (secondary N) is 1. The van der Waals surface area contributed by atoms with Crippen LogP contribution in [-0.2, 0) is 4.74 Å². The smallest absolute Gasteiger partial charge is 0.106 e. The Balaban J connectivity index is 2.20. The molecule has 0 saturated carbocycles. The fraction of sp³-hybridized carbons (Fsp3) is 0.667. The van der Waals surface area contributed by atoms with E-state index in [-0.39, 0.29) is 11.7 Å². The average molecular weight is 209 g/mol. The summed E-state index contributed by atoms with van der Waals surface area (Å²) in [5.74, 6) is 1.92. The summed E-state index contributed by atoms with van der Waals surface area (Å²) in [7, 11) is 0. The maximum atomic E-state index is 6.03. The van der Waals surface area contributed by atoms with E-state index in [0.717, 1.165) is 24.6 Å². The minimum atomic E-state index is -0.0967. The number of hydrogen-bond donors (Lipinski definition) is 1. The summed E-state index contributed by atoms with van der Waals surface area (Å²) >= 11 is 0. The maximum absolute atomic E-state index is 6.03. The van der Waals surface area contributed by atoms with Gasteiger partial charge in [0, 0.05) is 18.7 Å². The zero-order valence-electron chi connectivity index (χ0n) is 9.89. The van der Waals surface area contributed by atoms with Crippen molar-refractivity contribution in [3.8, 4) is 0 Å². The predicted octanol–water partition coefficient (Wildman–Crippen LogP) is 2.34. The molecule has 1 unspecified atom stereocenters. The molecule has 1 fully saturated rings. The highest BCUT2D eigenvalue weighted by Crippen LogP contribution is 2.30. The Bertz CT molecular complexity index is 355. The minimum Gasteiger partial charge on any atom is -0.466 e. The molecule has 84 valence electrons. The lowest BCUT2D eigenvalue weighted by Crippen LogP contribution is -2.46. The van der Waals surface area contributed by atoms with Gasteiger partial charge in [-0.1, -0.05) is 0 Å². The number of morpholine rings is 1. The molecular weight excluding hydrogens is 190 g/mol. The van der Waals surface area contributed by atoms with Crippen molar-refractivity contribution >= 4 is 0 Å². The van der Waals surface area contributed by atoms with Gasteiger partial charge in [-0.15, -0.1) is 0 Å². The second-order valence-corrected chi connectivity index (χ2v) is 4.87. The minimum absolute atomic E-state index is 0.0967. The van der Waals surface area contributed by atoms with E-state index in [0.29, 0.717) is 0 Å². The number of ether oxygens (including phenoxy) is 1. The van der Waals surface area contributed by atoms with E-state index in [1.165, 1.54) is 5.56 Å². The summed E-state index contributed by atoms with van der Waals surface area (Å²) in [5.41, 5.74) is 1.08. The highest BCUT2D eigenvalue weighted by molar-refractivity contribution is 5.23. The van der Waals surface area contributed by atoms with Gasteiger partial charge < -0.3 is 14.5 Å². The van der Waals surface area contributed by atoms with Crippen molar-refractivity contribution in [2.24, 2.45) is 0 Å². The lowest BCUT2D eigenvalue weighted by molar-refractivity contribution is -0.0962. The van der Waals surface area contributed by atoms with Crippen LogP contribution in [0.2, 0.25) is 0 Å². The van der Waals surface area contributed by atoms with Gasteiger partial charge in [0.15, 0.2) is 0 Å². The third-order valence-electron chi connectivity index (χ3n) is 2.77. The van der Waals surface area contributed by atoms with Crippen molar-refractivity contribution in [3.05, 3.63) is 23.2 Å². The summed E-state index contributed by atoms with van der Waals surface area (Å²) in [6.07, 6.45) is 0.117. The Morgan fingerprint density at radius 2 is 2.13 bits per heavy atom. The van der Waals surface area contributed by atoms with Gasteiger partial charge in [-0.2, -0.15) is 0 Å². The van der Waals surface area contributed by atoms with Gasteiger partial charge in [0.05, 0.1) is 11.7 Å². The van der Waals surface area contributed by atoms with Crippen LogP contribution in [0.5, 0.6) is 0 Å². The summed E-state index contributed by atoms with van der Waals surface area (Å²) in [6.45, 7) is 9.94. The van der Waals surface area contributed by atoms with Crippen molar-refractivity contribution in [2.45, 2.75) is 39.4 Å². The van der Waals surface area contributed by atoms with Crippen LogP contribution in [0.3, 0.4) is 0 Å². The van der Waals surface area contributed by atoms with Crippen LogP contribution in [0.25, 0.3) is 0 Å². The quantitative estimate of drug-likeness (QED) is 0.771. The molecule has 15 heavy (non-hydrogen) atoms. The lowest BCUT2D eigenvalue weighted by Gasteiger charge is -2.36. The third kappa shape index (κ3) is 2.24. The lowest BCUT2D eigenvalue weighted by atomic mass is 10.0. The van der Waals surface area contributed by atoms with E-state index < -0.39 is 0 Å². The monoisotopic (exact) mass is 209 g/mol. The van der Waals surface area contributed by atoms with E-state index in [9.17, 15) is 0 Å². The third-order valence-corrected chi connectivity index (χ3v) is 2.77. The molecule has 3 nitrogen and oxygen atoms in total. The molecule has 0 radical (unpaired) electrons. The summed E-state index contributed by atoms with van der Waals surface area (Å²) in [5, 5.41) is 3.39. The van der Waals surface area contributed by atoms with Crippen molar-refractivity contribution in [1.82, 2.24) is 5.32 Å². The zero-order valence-corrected chi connectivity index (χ0v) is 9.89. The van der Waals surface area contributed by atoms with Gasteiger partial charge in [-0.05, 0) is 33.8 Å². The van der Waals surface area contributed by atoms with Gasteiger partial charge in [0.2, 0.25) is 0 Å². The molecule has 2 heterocycles. The SMILES string of the molecule is Cc1cc(C2CNCC(C)(C)O2)c(C)o1. The normalized spacial score (nSPS) is 25.5. The van der Waals surface area contributed by atoms with Crippen LogP contribution in [0.4, 0.5) is 0 Å². The molecule has 1 aromatic heterocycles. The first-order valence-corrected chi connectivity index (χ1v) is 5.43. The van der Waals surface area contributed by atoms with Crippen LogP contribution in [-0.4, -0.2) is 18.7 Å². The average Bonchev–Trinajstić information content (AvgIpc) is 2.43. The molecule has 0 spiro atoms. The molecule has 3 heteroatoms. The molecule has 1 aromatic rings. The topological polar surface area (TPSA) is 34.4 Å². The Morgan fingerprint density at radius 1 is 1.40 bits per heavy atom. The van der Waals surface area contributed by atoms with Crippen LogP contribution >= 0.6 is 0 Å². The van der Waals surface area contributed by atoms with Crippen molar-refractivity contribution < 1.29 is 9.15 Å². The highest BCUT2D eigenvalue weighted by Gasteiger charge is 2.30. The molecule has 1 saturated heterocycles. The number of hydrogen-bond acceptors (Lipinski definition) is 3. The Kier molecular flexibility index (Phi) is 2.61. The van der Waals surface area contributed by atoms with Crippen LogP contribution in [0, 0.1) is 13.8 Å². The van der Waals surface area contributed by atoms with Crippen LogP contribution < -0.4 is 5.32 Å². The highest BCUT2D eigenvalue weighted by atomic mass is 16.5. The molecule has 0 bridgehead atoms. The Labute approximate surface area is 90.8 Å². The first-order valence-electron chi connectivity index (χ1n) is 5.43. The summed E-state index contributed by atoms with van der Waals surface area (Å²) in [4.78, 5) is 0. The van der Waals surface area contributed by atoms with Gasteiger partial charge in [0.25, 0.3) is 0 Å². The zero-order chi connectivity index (χ0) is 11.1. The molecule has 0 amide bonds. The summed E-state index contributed by atoms with van der Waals surface area (Å²) in [6, 6.07) is 2.07. The van der Waals surface area contributed by atoms with Gasteiger partial charge in [0.1, 0.15) is 11.5 Å². The van der Waals surface area contributed by atoms with Crippen molar-refractivity contribution in [1.29, 1.82) is 0 Å². The van der Waals surface area contributed by atoms with Crippen molar-refractivity contribution in [2.75, 3.05) is 13.1 Å². The van der Waals surface area contributed by atoms with Crippen LogP contribution in [0.1, 0.15) is 37.0 Å². The molecule has 1 aliphatic rings. The first-order chi connectivity index (χ1) is 6.98. The molecular formula is C12H19NO2. The molecule has 0 aliphatic carbocycles. The van der Waals surface area contributed by atoms with E-state index in [2.05, 4.69) is 25.2 Å². The largest absolute Gasteiger partial charge is 0.466 e. The van der Waals surface area contributed by atoms with Gasteiger partial charge in [-0.3, -0.25) is 0 Å². The predicted molar refractivity (Wildman–Crippen MR) is 59.0 cm³/mol. The first kappa shape index (κ1) is 10.7. The molecule has 2 rings (SSSR count). The number of rotatable bonds is 1. The van der Waals surface area contributed by atoms with Crippen LogP contribution in [0.15, 0.2) is 10.5 Å². The maximum Gasteiger partial charge on any atom is 0.106 e. The molecule has 1 atom stereocenters. The van der Waals surface area contributed by atoms with Gasteiger partial charge in [-0.25, -0.2) is 0 Å². The number of furan rings is 1. The van der Waals surface area contributed by atoms with E-state index in [4.69, 9.17) is 9.15 Å². The van der Waals surface area contributed by atoms with Crippen molar-refractivity contribution in [3.63, 3.8) is 0 Å². The molecule has 1 aliphatic heterocycles. The van der Waals surface area contributed by atoms with Gasteiger partial charge >= 0.3 is 0 Å². The number of aryl methyl sites for hydroxylation is 2. The fourth-order valence-corrected chi connectivity index (χ4v) is 2.12. The van der Waals surface area contributed by atoms with E-state index in [1.54, 1.807) is 0 Å². The molecule has 1 N–H and O–H groups in total. The fourth-order valence-electron chi connectivity index (χ4n) is 2.12. The Morgan fingerprint density at radius 3 is 2.67 bits per heavy atom. The van der Waals surface area contributed by atoms with E-state index >= 15 is 0 Å². The second kappa shape index (κ2) is 3.65. The summed E-state index contributed by atoms with van der Waals surface area (Å²) < 4.78 is 11.6. The second-order valence-electron chi connectivity index (χ2n) is 4.87. The van der Waals surface area contributed by atoms with E-state index in [1.807, 2.05) is 13.8 Å². The standard InChI is InChI=1S/C12H19NO2/c1-8-5-10(9(2)14-8)11-6-13-7-12(3,4)15-11/h5,11,13H,6-7H2,1-4H3. The molecule has 0 aromatic carbocycles.